The standard InChI is InChI=1S/C22H24N6OS/c1-14-7-5-6-8-17(14)19-24-18(29-27-19)13-30-21-26-25-20(28(21)23)15-9-11-16(12-10-15)22(2,3)4/h5-12H,13,23H2,1-4H3. The van der Waals surface area contributed by atoms with Crippen LogP contribution in [-0.4, -0.2) is 25.0 Å². The minimum Gasteiger partial charge on any atom is -0.338 e. The van der Waals surface area contributed by atoms with Gasteiger partial charge < -0.3 is 10.4 Å². The van der Waals surface area contributed by atoms with Gasteiger partial charge >= 0.3 is 0 Å². The van der Waals surface area contributed by atoms with E-state index in [-0.39, 0.29) is 5.41 Å². The zero-order valence-electron chi connectivity index (χ0n) is 17.5. The summed E-state index contributed by atoms with van der Waals surface area (Å²) in [6.45, 7) is 8.57. The molecule has 0 radical (unpaired) electrons. The van der Waals surface area contributed by atoms with Crippen molar-refractivity contribution in [3.05, 3.63) is 65.5 Å². The van der Waals surface area contributed by atoms with E-state index in [0.29, 0.717) is 28.4 Å². The summed E-state index contributed by atoms with van der Waals surface area (Å²) in [5.41, 5.74) is 4.33. The van der Waals surface area contributed by atoms with Gasteiger partial charge in [0.2, 0.25) is 16.9 Å². The van der Waals surface area contributed by atoms with E-state index in [1.165, 1.54) is 22.0 Å². The highest BCUT2D eigenvalue weighted by Crippen LogP contribution is 2.28. The Morgan fingerprint density at radius 3 is 2.47 bits per heavy atom. The molecule has 0 saturated heterocycles. The summed E-state index contributed by atoms with van der Waals surface area (Å²) < 4.78 is 6.89. The Kier molecular flexibility index (Phi) is 5.34. The largest absolute Gasteiger partial charge is 0.338 e. The highest BCUT2D eigenvalue weighted by atomic mass is 32.2. The molecule has 0 aliphatic heterocycles. The van der Waals surface area contributed by atoms with E-state index in [1.807, 2.05) is 43.3 Å². The van der Waals surface area contributed by atoms with Crippen LogP contribution >= 0.6 is 11.8 Å². The summed E-state index contributed by atoms with van der Waals surface area (Å²) in [6.07, 6.45) is 0. The number of rotatable bonds is 5. The van der Waals surface area contributed by atoms with Gasteiger partial charge in [-0.3, -0.25) is 0 Å². The summed E-state index contributed by atoms with van der Waals surface area (Å²) in [7, 11) is 0. The Morgan fingerprint density at radius 2 is 1.77 bits per heavy atom. The Bertz CT molecular complexity index is 1160. The van der Waals surface area contributed by atoms with Crippen molar-refractivity contribution in [2.45, 2.75) is 44.0 Å². The quantitative estimate of drug-likeness (QED) is 0.372. The third kappa shape index (κ3) is 4.09. The number of hydrogen-bond donors (Lipinski definition) is 1. The fourth-order valence-electron chi connectivity index (χ4n) is 3.06. The van der Waals surface area contributed by atoms with Crippen molar-refractivity contribution in [3.63, 3.8) is 0 Å². The molecule has 0 unspecified atom stereocenters. The lowest BCUT2D eigenvalue weighted by atomic mass is 9.87. The van der Waals surface area contributed by atoms with Gasteiger partial charge in [0.25, 0.3) is 0 Å². The fourth-order valence-corrected chi connectivity index (χ4v) is 3.76. The second-order valence-electron chi connectivity index (χ2n) is 8.12. The summed E-state index contributed by atoms with van der Waals surface area (Å²) in [5.74, 6) is 8.41. The van der Waals surface area contributed by atoms with E-state index in [0.717, 1.165) is 16.7 Å². The lowest BCUT2D eigenvalue weighted by Gasteiger charge is -2.19. The van der Waals surface area contributed by atoms with Gasteiger partial charge in [-0.1, -0.05) is 86.2 Å². The highest BCUT2D eigenvalue weighted by Gasteiger charge is 2.17. The topological polar surface area (TPSA) is 95.7 Å². The molecule has 0 saturated carbocycles. The van der Waals surface area contributed by atoms with Crippen molar-refractivity contribution >= 4 is 11.8 Å². The highest BCUT2D eigenvalue weighted by molar-refractivity contribution is 7.98. The van der Waals surface area contributed by atoms with E-state index in [2.05, 4.69) is 53.2 Å². The Labute approximate surface area is 179 Å². The number of thioether (sulfide) groups is 1. The van der Waals surface area contributed by atoms with Crippen LogP contribution in [0.3, 0.4) is 0 Å². The first-order valence-corrected chi connectivity index (χ1v) is 10.6. The summed E-state index contributed by atoms with van der Waals surface area (Å²) in [5, 5.41) is 13.1. The molecule has 2 heterocycles. The van der Waals surface area contributed by atoms with Gasteiger partial charge in [-0.2, -0.15) is 4.98 Å². The monoisotopic (exact) mass is 420 g/mol. The molecule has 0 aliphatic rings. The second-order valence-corrected chi connectivity index (χ2v) is 9.06. The molecule has 0 amide bonds. The normalized spacial score (nSPS) is 11.7. The minimum atomic E-state index is 0.0944. The molecule has 4 rings (SSSR count). The number of nitrogens with zero attached hydrogens (tertiary/aromatic N) is 5. The van der Waals surface area contributed by atoms with Crippen LogP contribution in [0.5, 0.6) is 0 Å². The molecular formula is C22H24N6OS. The molecule has 2 N–H and O–H groups in total. The number of hydrogen-bond acceptors (Lipinski definition) is 7. The third-order valence-electron chi connectivity index (χ3n) is 4.85. The fraction of sp³-hybridized carbons (Fsp3) is 0.273. The van der Waals surface area contributed by atoms with Crippen LogP contribution in [0.2, 0.25) is 0 Å². The number of aryl methyl sites for hydroxylation is 1. The van der Waals surface area contributed by atoms with Crippen LogP contribution in [0.1, 0.15) is 37.8 Å². The first-order chi connectivity index (χ1) is 14.3. The Hall–Kier alpha value is -3.13. The van der Waals surface area contributed by atoms with Crippen molar-refractivity contribution in [2.24, 2.45) is 0 Å². The molecule has 7 nitrogen and oxygen atoms in total. The minimum absolute atomic E-state index is 0.0944. The number of nitrogen functional groups attached to an aromatic ring is 1. The second kappa shape index (κ2) is 7.95. The van der Waals surface area contributed by atoms with Gasteiger partial charge in [-0.25, -0.2) is 4.68 Å². The molecule has 2 aromatic heterocycles. The van der Waals surface area contributed by atoms with E-state index >= 15 is 0 Å². The first kappa shape index (κ1) is 20.2. The summed E-state index contributed by atoms with van der Waals surface area (Å²) in [4.78, 5) is 4.49. The molecule has 2 aromatic carbocycles. The van der Waals surface area contributed by atoms with Crippen molar-refractivity contribution in [1.29, 1.82) is 0 Å². The molecule has 0 fully saturated rings. The predicted octanol–water partition coefficient (Wildman–Crippen LogP) is 4.61. The van der Waals surface area contributed by atoms with Gasteiger partial charge in [0.15, 0.2) is 5.82 Å². The van der Waals surface area contributed by atoms with Gasteiger partial charge in [0.1, 0.15) is 0 Å². The van der Waals surface area contributed by atoms with E-state index in [1.54, 1.807) is 0 Å². The first-order valence-electron chi connectivity index (χ1n) is 9.66. The van der Waals surface area contributed by atoms with Crippen LogP contribution in [0.4, 0.5) is 0 Å². The lowest BCUT2D eigenvalue weighted by molar-refractivity contribution is 0.391. The average molecular weight is 421 g/mol. The number of benzene rings is 2. The zero-order valence-corrected chi connectivity index (χ0v) is 18.3. The van der Waals surface area contributed by atoms with Gasteiger partial charge in [-0.05, 0) is 23.5 Å². The van der Waals surface area contributed by atoms with Crippen molar-refractivity contribution in [2.75, 3.05) is 5.84 Å². The van der Waals surface area contributed by atoms with Crippen LogP contribution in [0, 0.1) is 6.92 Å². The van der Waals surface area contributed by atoms with Crippen LogP contribution in [0.15, 0.2) is 58.2 Å². The SMILES string of the molecule is Cc1ccccc1-c1noc(CSc2nnc(-c3ccc(C(C)(C)C)cc3)n2N)n1. The van der Waals surface area contributed by atoms with Crippen molar-refractivity contribution < 1.29 is 4.52 Å². The molecule has 0 aliphatic carbocycles. The van der Waals surface area contributed by atoms with E-state index < -0.39 is 0 Å². The lowest BCUT2D eigenvalue weighted by Crippen LogP contribution is -2.12. The molecule has 30 heavy (non-hydrogen) atoms. The van der Waals surface area contributed by atoms with Crippen LogP contribution in [0.25, 0.3) is 22.8 Å². The Morgan fingerprint density at radius 1 is 1.03 bits per heavy atom. The van der Waals surface area contributed by atoms with E-state index in [4.69, 9.17) is 10.4 Å². The molecule has 0 spiro atoms. The maximum atomic E-state index is 6.24. The predicted molar refractivity (Wildman–Crippen MR) is 118 cm³/mol. The Balaban J connectivity index is 1.47. The van der Waals surface area contributed by atoms with E-state index in [9.17, 15) is 0 Å². The maximum Gasteiger partial charge on any atom is 0.237 e. The van der Waals surface area contributed by atoms with Gasteiger partial charge in [0, 0.05) is 11.1 Å². The molecule has 8 heteroatoms. The molecule has 4 aromatic rings. The zero-order chi connectivity index (χ0) is 21.3. The molecule has 154 valence electrons. The number of aromatic nitrogens is 5. The van der Waals surface area contributed by atoms with Crippen molar-refractivity contribution in [3.8, 4) is 22.8 Å². The van der Waals surface area contributed by atoms with Crippen LogP contribution in [-0.2, 0) is 11.2 Å². The molecule has 0 atom stereocenters. The van der Waals surface area contributed by atoms with Gasteiger partial charge in [-0.15, -0.1) is 10.2 Å². The summed E-state index contributed by atoms with van der Waals surface area (Å²) >= 11 is 1.40. The summed E-state index contributed by atoms with van der Waals surface area (Å²) in [6, 6.07) is 16.2. The number of nitrogens with two attached hydrogens (primary N) is 1. The maximum absolute atomic E-state index is 6.24. The third-order valence-corrected chi connectivity index (χ3v) is 5.78. The van der Waals surface area contributed by atoms with Gasteiger partial charge in [0.05, 0.1) is 5.75 Å². The smallest absolute Gasteiger partial charge is 0.237 e. The average Bonchev–Trinajstić information content (AvgIpc) is 3.33. The van der Waals surface area contributed by atoms with Crippen LogP contribution < -0.4 is 5.84 Å². The van der Waals surface area contributed by atoms with Crippen molar-refractivity contribution in [1.82, 2.24) is 25.0 Å². The molecular weight excluding hydrogens is 396 g/mol. The molecule has 0 bridgehead atoms.